The van der Waals surface area contributed by atoms with E-state index in [4.69, 9.17) is 11.6 Å². The first-order chi connectivity index (χ1) is 7.98. The van der Waals surface area contributed by atoms with E-state index in [1.54, 1.807) is 12.1 Å². The van der Waals surface area contributed by atoms with Crippen LogP contribution in [0, 0.1) is 0 Å². The molecule has 17 heavy (non-hydrogen) atoms. The summed E-state index contributed by atoms with van der Waals surface area (Å²) < 4.78 is 22.9. The molecule has 2 rings (SSSR count). The summed E-state index contributed by atoms with van der Waals surface area (Å²) in [4.78, 5) is 0.215. The monoisotopic (exact) mass is 273 g/mol. The molecule has 3 nitrogen and oxygen atoms in total. The Morgan fingerprint density at radius 1 is 1.41 bits per heavy atom. The van der Waals surface area contributed by atoms with Crippen molar-refractivity contribution in [3.63, 3.8) is 0 Å². The maximum absolute atomic E-state index is 11.4. The minimum atomic E-state index is -3.23. The standard InChI is InChI=1S/C12H16ClNO2S/c1-17(15,16)12-5-4-9(7-11(12)13)10-3-2-6-14-8-10/h4-5,7,10,14H,2-3,6,8H2,1H3. The summed E-state index contributed by atoms with van der Waals surface area (Å²) in [6.45, 7) is 2.00. The van der Waals surface area contributed by atoms with E-state index in [0.29, 0.717) is 10.9 Å². The van der Waals surface area contributed by atoms with Gasteiger partial charge in [-0.05, 0) is 43.0 Å². The number of piperidine rings is 1. The highest BCUT2D eigenvalue weighted by Crippen LogP contribution is 2.29. The van der Waals surface area contributed by atoms with Crippen LogP contribution in [0.25, 0.3) is 0 Å². The molecule has 1 saturated heterocycles. The molecule has 0 amide bonds. The molecule has 1 N–H and O–H groups in total. The molecule has 0 aromatic heterocycles. The van der Waals surface area contributed by atoms with E-state index in [1.165, 1.54) is 6.26 Å². The Labute approximate surface area is 107 Å². The van der Waals surface area contributed by atoms with Gasteiger partial charge in [0.2, 0.25) is 0 Å². The van der Waals surface area contributed by atoms with Crippen molar-refractivity contribution < 1.29 is 8.42 Å². The van der Waals surface area contributed by atoms with Gasteiger partial charge in [-0.25, -0.2) is 8.42 Å². The molecule has 1 aliphatic rings. The zero-order valence-electron chi connectivity index (χ0n) is 9.74. The van der Waals surface area contributed by atoms with Crippen molar-refractivity contribution in [2.24, 2.45) is 0 Å². The van der Waals surface area contributed by atoms with Crippen molar-refractivity contribution >= 4 is 21.4 Å². The Hall–Kier alpha value is -0.580. The van der Waals surface area contributed by atoms with Crippen LogP contribution in [0.15, 0.2) is 23.1 Å². The molecule has 0 spiro atoms. The van der Waals surface area contributed by atoms with E-state index in [2.05, 4.69) is 5.32 Å². The molecule has 0 bridgehead atoms. The average Bonchev–Trinajstić information content (AvgIpc) is 2.28. The van der Waals surface area contributed by atoms with Crippen LogP contribution in [-0.2, 0) is 9.84 Å². The van der Waals surface area contributed by atoms with Gasteiger partial charge in [-0.1, -0.05) is 17.7 Å². The van der Waals surface area contributed by atoms with Gasteiger partial charge in [-0.15, -0.1) is 0 Å². The summed E-state index contributed by atoms with van der Waals surface area (Å²) in [7, 11) is -3.23. The van der Waals surface area contributed by atoms with Crippen LogP contribution in [0.1, 0.15) is 24.3 Å². The van der Waals surface area contributed by atoms with Gasteiger partial charge in [-0.2, -0.15) is 0 Å². The number of halogens is 1. The lowest BCUT2D eigenvalue weighted by atomic mass is 9.92. The van der Waals surface area contributed by atoms with Crippen molar-refractivity contribution in [1.29, 1.82) is 0 Å². The fourth-order valence-electron chi connectivity index (χ4n) is 2.21. The minimum absolute atomic E-state index is 0.215. The summed E-state index contributed by atoms with van der Waals surface area (Å²) in [5.41, 5.74) is 1.12. The first-order valence-electron chi connectivity index (χ1n) is 5.69. The van der Waals surface area contributed by atoms with Crippen molar-refractivity contribution in [2.45, 2.75) is 23.7 Å². The van der Waals surface area contributed by atoms with Gasteiger partial charge < -0.3 is 5.32 Å². The van der Waals surface area contributed by atoms with E-state index in [-0.39, 0.29) is 4.90 Å². The van der Waals surface area contributed by atoms with Crippen LogP contribution in [0.2, 0.25) is 5.02 Å². The number of rotatable bonds is 2. The molecular weight excluding hydrogens is 258 g/mol. The Kier molecular flexibility index (Phi) is 3.76. The Morgan fingerprint density at radius 3 is 2.71 bits per heavy atom. The highest BCUT2D eigenvalue weighted by atomic mass is 35.5. The fraction of sp³-hybridized carbons (Fsp3) is 0.500. The molecule has 1 fully saturated rings. The first-order valence-corrected chi connectivity index (χ1v) is 7.95. The van der Waals surface area contributed by atoms with Crippen LogP contribution in [0.5, 0.6) is 0 Å². The molecule has 1 heterocycles. The van der Waals surface area contributed by atoms with E-state index in [0.717, 1.165) is 31.5 Å². The van der Waals surface area contributed by atoms with Gasteiger partial charge in [0.05, 0.1) is 9.92 Å². The third-order valence-corrected chi connectivity index (χ3v) is 4.70. The molecule has 1 aromatic carbocycles. The average molecular weight is 274 g/mol. The van der Waals surface area contributed by atoms with E-state index in [1.807, 2.05) is 6.07 Å². The zero-order valence-corrected chi connectivity index (χ0v) is 11.3. The largest absolute Gasteiger partial charge is 0.316 e. The quantitative estimate of drug-likeness (QED) is 0.899. The molecule has 94 valence electrons. The molecule has 5 heteroatoms. The topological polar surface area (TPSA) is 46.2 Å². The van der Waals surface area contributed by atoms with Gasteiger partial charge in [0, 0.05) is 12.8 Å². The predicted molar refractivity (Wildman–Crippen MR) is 69.4 cm³/mol. The summed E-state index contributed by atoms with van der Waals surface area (Å²) in [5.74, 6) is 0.440. The molecule has 1 aromatic rings. The first kappa shape index (κ1) is 12.9. The van der Waals surface area contributed by atoms with Gasteiger partial charge in [-0.3, -0.25) is 0 Å². The van der Waals surface area contributed by atoms with Crippen molar-refractivity contribution in [3.05, 3.63) is 28.8 Å². The SMILES string of the molecule is CS(=O)(=O)c1ccc(C2CCCNC2)cc1Cl. The Balaban J connectivity index is 2.30. The number of hydrogen-bond donors (Lipinski definition) is 1. The zero-order chi connectivity index (χ0) is 12.5. The molecular formula is C12H16ClNO2S. The van der Waals surface area contributed by atoms with Crippen LogP contribution in [0.3, 0.4) is 0 Å². The van der Waals surface area contributed by atoms with Gasteiger partial charge >= 0.3 is 0 Å². The lowest BCUT2D eigenvalue weighted by Gasteiger charge is -2.23. The van der Waals surface area contributed by atoms with Crippen molar-refractivity contribution in [1.82, 2.24) is 5.32 Å². The minimum Gasteiger partial charge on any atom is -0.316 e. The van der Waals surface area contributed by atoms with Gasteiger partial charge in [0.25, 0.3) is 0 Å². The van der Waals surface area contributed by atoms with E-state index < -0.39 is 9.84 Å². The molecule has 1 aliphatic heterocycles. The number of sulfone groups is 1. The van der Waals surface area contributed by atoms with Crippen LogP contribution >= 0.6 is 11.6 Å². The summed E-state index contributed by atoms with van der Waals surface area (Å²) in [6.07, 6.45) is 3.45. The normalized spacial score (nSPS) is 21.4. The summed E-state index contributed by atoms with van der Waals surface area (Å²) in [6, 6.07) is 5.27. The van der Waals surface area contributed by atoms with Crippen molar-refractivity contribution in [2.75, 3.05) is 19.3 Å². The number of hydrogen-bond acceptors (Lipinski definition) is 3. The maximum Gasteiger partial charge on any atom is 0.176 e. The fourth-order valence-corrected chi connectivity index (χ4v) is 3.55. The number of benzene rings is 1. The number of nitrogens with one attached hydrogen (secondary N) is 1. The lowest BCUT2D eigenvalue weighted by Crippen LogP contribution is -2.28. The van der Waals surface area contributed by atoms with Crippen molar-refractivity contribution in [3.8, 4) is 0 Å². The third kappa shape index (κ3) is 3.00. The van der Waals surface area contributed by atoms with E-state index >= 15 is 0 Å². The third-order valence-electron chi connectivity index (χ3n) is 3.12. The Morgan fingerprint density at radius 2 is 2.18 bits per heavy atom. The van der Waals surface area contributed by atoms with Gasteiger partial charge in [0.1, 0.15) is 0 Å². The summed E-state index contributed by atoms with van der Waals surface area (Å²) >= 11 is 6.03. The second-order valence-corrected chi connectivity index (χ2v) is 6.90. The summed E-state index contributed by atoms with van der Waals surface area (Å²) in [5, 5.41) is 3.67. The smallest absolute Gasteiger partial charge is 0.176 e. The second kappa shape index (κ2) is 4.96. The van der Waals surface area contributed by atoms with Crippen LogP contribution in [0.4, 0.5) is 0 Å². The van der Waals surface area contributed by atoms with E-state index in [9.17, 15) is 8.42 Å². The molecule has 0 aliphatic carbocycles. The predicted octanol–water partition coefficient (Wildman–Crippen LogP) is 2.21. The van der Waals surface area contributed by atoms with Crippen LogP contribution in [-0.4, -0.2) is 27.8 Å². The highest BCUT2D eigenvalue weighted by Gasteiger charge is 2.18. The molecule has 1 atom stereocenters. The van der Waals surface area contributed by atoms with Gasteiger partial charge in [0.15, 0.2) is 9.84 Å². The Bertz CT molecular complexity index is 507. The molecule has 0 radical (unpaired) electrons. The molecule has 1 unspecified atom stereocenters. The second-order valence-electron chi connectivity index (χ2n) is 4.51. The van der Waals surface area contributed by atoms with Crippen LogP contribution < -0.4 is 5.32 Å². The lowest BCUT2D eigenvalue weighted by molar-refractivity contribution is 0.461. The highest BCUT2D eigenvalue weighted by molar-refractivity contribution is 7.90. The molecule has 0 saturated carbocycles. The maximum atomic E-state index is 11.4.